The van der Waals surface area contributed by atoms with Crippen LogP contribution in [0.15, 0.2) is 48.5 Å². The van der Waals surface area contributed by atoms with Crippen LogP contribution in [0.3, 0.4) is 0 Å². The largest absolute Gasteiger partial charge is 0.497 e. The van der Waals surface area contributed by atoms with Gasteiger partial charge in [-0.2, -0.15) is 0 Å². The fourth-order valence-corrected chi connectivity index (χ4v) is 2.10. The Morgan fingerprint density at radius 1 is 1.06 bits per heavy atom. The zero-order chi connectivity index (χ0) is 12.3. The van der Waals surface area contributed by atoms with Crippen LogP contribution in [-0.4, -0.2) is 12.9 Å². The average molecular weight is 338 g/mol. The number of hydrogen-bond acceptors (Lipinski definition) is 2. The zero-order valence-electron chi connectivity index (χ0n) is 9.31. The van der Waals surface area contributed by atoms with Gasteiger partial charge in [-0.15, -0.1) is 0 Å². The van der Waals surface area contributed by atoms with Crippen molar-refractivity contribution in [3.8, 4) is 5.75 Å². The fraction of sp³-hybridized carbons (Fsp3) is 0.0714. The number of carbonyl (C=O) groups is 1. The second-order valence-corrected chi connectivity index (χ2v) is 4.82. The lowest BCUT2D eigenvalue weighted by Gasteiger charge is -2.04. The highest BCUT2D eigenvalue weighted by Crippen LogP contribution is 2.17. The predicted molar refractivity (Wildman–Crippen MR) is 75.6 cm³/mol. The number of rotatable bonds is 3. The van der Waals surface area contributed by atoms with Gasteiger partial charge in [0.05, 0.1) is 7.11 Å². The summed E-state index contributed by atoms with van der Waals surface area (Å²) < 4.78 is 6.16. The lowest BCUT2D eigenvalue weighted by molar-refractivity contribution is 0.103. The lowest BCUT2D eigenvalue weighted by Crippen LogP contribution is -2.01. The van der Waals surface area contributed by atoms with E-state index in [2.05, 4.69) is 22.6 Å². The molecule has 86 valence electrons. The van der Waals surface area contributed by atoms with E-state index >= 15 is 0 Å². The minimum absolute atomic E-state index is 0.0161. The Kier molecular flexibility index (Phi) is 3.78. The van der Waals surface area contributed by atoms with Crippen molar-refractivity contribution < 1.29 is 9.53 Å². The number of ketones is 1. The van der Waals surface area contributed by atoms with Crippen LogP contribution in [0.4, 0.5) is 0 Å². The van der Waals surface area contributed by atoms with E-state index < -0.39 is 0 Å². The first-order valence-corrected chi connectivity index (χ1v) is 6.23. The van der Waals surface area contributed by atoms with Gasteiger partial charge < -0.3 is 4.74 Å². The topological polar surface area (TPSA) is 26.3 Å². The summed E-state index contributed by atoms with van der Waals surface area (Å²) in [5, 5.41) is 0. The molecule has 0 radical (unpaired) electrons. The summed E-state index contributed by atoms with van der Waals surface area (Å²) >= 11 is 2.20. The molecule has 2 rings (SSSR count). The molecule has 0 aliphatic rings. The molecule has 2 nitrogen and oxygen atoms in total. The maximum Gasteiger partial charge on any atom is 0.193 e. The molecule has 0 atom stereocenters. The van der Waals surface area contributed by atoms with Crippen molar-refractivity contribution in [2.24, 2.45) is 0 Å². The first-order chi connectivity index (χ1) is 8.20. The first kappa shape index (κ1) is 12.1. The molecule has 0 aliphatic heterocycles. The molecular formula is C14H11IO2. The normalized spacial score (nSPS) is 10.0. The monoisotopic (exact) mass is 338 g/mol. The van der Waals surface area contributed by atoms with Gasteiger partial charge in [-0.1, -0.05) is 24.3 Å². The van der Waals surface area contributed by atoms with Gasteiger partial charge >= 0.3 is 0 Å². The molecule has 0 fully saturated rings. The van der Waals surface area contributed by atoms with Gasteiger partial charge in [-0.3, -0.25) is 4.79 Å². The van der Waals surface area contributed by atoms with E-state index in [1.165, 1.54) is 0 Å². The van der Waals surface area contributed by atoms with E-state index in [0.717, 1.165) is 3.57 Å². The Morgan fingerprint density at radius 2 is 1.71 bits per heavy atom. The van der Waals surface area contributed by atoms with E-state index in [9.17, 15) is 4.79 Å². The van der Waals surface area contributed by atoms with Crippen LogP contribution in [0.5, 0.6) is 5.75 Å². The van der Waals surface area contributed by atoms with Gasteiger partial charge in [-0.05, 0) is 46.9 Å². The van der Waals surface area contributed by atoms with Crippen LogP contribution in [0.1, 0.15) is 15.9 Å². The molecule has 0 heterocycles. The van der Waals surface area contributed by atoms with Crippen molar-refractivity contribution >= 4 is 28.4 Å². The van der Waals surface area contributed by atoms with Crippen LogP contribution >= 0.6 is 22.6 Å². The Morgan fingerprint density at radius 3 is 2.35 bits per heavy atom. The lowest BCUT2D eigenvalue weighted by atomic mass is 10.0. The number of hydrogen-bond donors (Lipinski definition) is 0. The number of halogens is 1. The van der Waals surface area contributed by atoms with Gasteiger partial charge in [0.25, 0.3) is 0 Å². The number of methoxy groups -OCH3 is 1. The van der Waals surface area contributed by atoms with Crippen molar-refractivity contribution in [1.82, 2.24) is 0 Å². The molecule has 0 saturated heterocycles. The Bertz CT molecular complexity index is 549. The standard InChI is InChI=1S/C14H11IO2/c1-17-13-7-3-5-11(9-13)14(16)10-4-2-6-12(15)8-10/h2-9H,1H3. The summed E-state index contributed by atoms with van der Waals surface area (Å²) in [6, 6.07) is 14.7. The van der Waals surface area contributed by atoms with Crippen molar-refractivity contribution in [2.45, 2.75) is 0 Å². The van der Waals surface area contributed by atoms with E-state index in [4.69, 9.17) is 4.74 Å². The first-order valence-electron chi connectivity index (χ1n) is 5.15. The summed E-state index contributed by atoms with van der Waals surface area (Å²) in [6.07, 6.45) is 0. The van der Waals surface area contributed by atoms with Crippen molar-refractivity contribution in [1.29, 1.82) is 0 Å². The fourth-order valence-electron chi connectivity index (χ4n) is 1.56. The molecular weight excluding hydrogens is 327 g/mol. The molecule has 2 aromatic carbocycles. The molecule has 0 spiro atoms. The second-order valence-electron chi connectivity index (χ2n) is 3.57. The summed E-state index contributed by atoms with van der Waals surface area (Å²) in [7, 11) is 1.59. The van der Waals surface area contributed by atoms with Crippen LogP contribution < -0.4 is 4.74 Å². The summed E-state index contributed by atoms with van der Waals surface area (Å²) in [5.41, 5.74) is 1.34. The molecule has 0 unspecified atom stereocenters. The van der Waals surface area contributed by atoms with Gasteiger partial charge in [0, 0.05) is 14.7 Å². The third kappa shape index (κ3) is 2.85. The average Bonchev–Trinajstić information content (AvgIpc) is 2.38. The number of carbonyl (C=O) groups excluding carboxylic acids is 1. The van der Waals surface area contributed by atoms with E-state index in [0.29, 0.717) is 16.9 Å². The van der Waals surface area contributed by atoms with Gasteiger partial charge in [0.2, 0.25) is 0 Å². The minimum atomic E-state index is 0.0161. The molecule has 0 aliphatic carbocycles. The molecule has 17 heavy (non-hydrogen) atoms. The third-order valence-electron chi connectivity index (χ3n) is 2.42. The maximum absolute atomic E-state index is 12.2. The number of ether oxygens (including phenoxy) is 1. The molecule has 0 N–H and O–H groups in total. The van der Waals surface area contributed by atoms with Crippen LogP contribution in [0.25, 0.3) is 0 Å². The van der Waals surface area contributed by atoms with E-state index in [-0.39, 0.29) is 5.78 Å². The molecule has 0 saturated carbocycles. The van der Waals surface area contributed by atoms with Gasteiger partial charge in [-0.25, -0.2) is 0 Å². The Hall–Kier alpha value is -1.36. The highest BCUT2D eigenvalue weighted by molar-refractivity contribution is 14.1. The minimum Gasteiger partial charge on any atom is -0.497 e. The highest BCUT2D eigenvalue weighted by atomic mass is 127. The van der Waals surface area contributed by atoms with Crippen molar-refractivity contribution in [3.05, 3.63) is 63.2 Å². The van der Waals surface area contributed by atoms with E-state index in [1.54, 1.807) is 19.2 Å². The van der Waals surface area contributed by atoms with Crippen LogP contribution in [0.2, 0.25) is 0 Å². The molecule has 3 heteroatoms. The van der Waals surface area contributed by atoms with Crippen molar-refractivity contribution in [2.75, 3.05) is 7.11 Å². The van der Waals surface area contributed by atoms with E-state index in [1.807, 2.05) is 36.4 Å². The second kappa shape index (κ2) is 5.31. The third-order valence-corrected chi connectivity index (χ3v) is 3.09. The van der Waals surface area contributed by atoms with Gasteiger partial charge in [0.1, 0.15) is 5.75 Å². The predicted octanol–water partition coefficient (Wildman–Crippen LogP) is 3.53. The summed E-state index contributed by atoms with van der Waals surface area (Å²) in [5.74, 6) is 0.712. The summed E-state index contributed by atoms with van der Waals surface area (Å²) in [6.45, 7) is 0. The van der Waals surface area contributed by atoms with Crippen molar-refractivity contribution in [3.63, 3.8) is 0 Å². The SMILES string of the molecule is COc1cccc(C(=O)c2cccc(I)c2)c1. The summed E-state index contributed by atoms with van der Waals surface area (Å²) in [4.78, 5) is 12.2. The molecule has 0 aromatic heterocycles. The Balaban J connectivity index is 2.36. The molecule has 0 amide bonds. The maximum atomic E-state index is 12.2. The highest BCUT2D eigenvalue weighted by Gasteiger charge is 2.09. The molecule has 0 bridgehead atoms. The van der Waals surface area contributed by atoms with Crippen LogP contribution in [-0.2, 0) is 0 Å². The quantitative estimate of drug-likeness (QED) is 0.632. The van der Waals surface area contributed by atoms with Gasteiger partial charge in [0.15, 0.2) is 5.78 Å². The molecule has 2 aromatic rings. The van der Waals surface area contributed by atoms with Crippen LogP contribution in [0, 0.1) is 3.57 Å². The zero-order valence-corrected chi connectivity index (χ0v) is 11.5. The smallest absolute Gasteiger partial charge is 0.193 e. The Labute approximate surface area is 114 Å². The number of benzene rings is 2.